The fourth-order valence-electron chi connectivity index (χ4n) is 2.06. The Balaban J connectivity index is 2.11. The van der Waals surface area contributed by atoms with Gasteiger partial charge in [0.1, 0.15) is 5.75 Å². The number of nitrogens with one attached hydrogen (secondary N) is 1. The number of hydrogen-bond donors (Lipinski definition) is 1. The summed E-state index contributed by atoms with van der Waals surface area (Å²) in [6.45, 7) is 1.63. The van der Waals surface area contributed by atoms with Crippen molar-refractivity contribution in [3.05, 3.63) is 48.0 Å². The summed E-state index contributed by atoms with van der Waals surface area (Å²) in [7, 11) is 3.01. The zero-order valence-electron chi connectivity index (χ0n) is 13.7. The van der Waals surface area contributed by atoms with Crippen LogP contribution in [-0.2, 0) is 4.79 Å². The largest absolute Gasteiger partial charge is 0.495 e. The fraction of sp³-hybridized carbons (Fsp3) is 0.222. The first-order valence-electron chi connectivity index (χ1n) is 7.27. The number of nitriles is 1. The van der Waals surface area contributed by atoms with Crippen molar-refractivity contribution < 1.29 is 19.0 Å². The zero-order valence-corrected chi connectivity index (χ0v) is 13.7. The highest BCUT2D eigenvalue weighted by molar-refractivity contribution is 5.95. The summed E-state index contributed by atoms with van der Waals surface area (Å²) >= 11 is 0. The van der Waals surface area contributed by atoms with Gasteiger partial charge in [-0.15, -0.1) is 0 Å². The first-order valence-corrected chi connectivity index (χ1v) is 7.27. The van der Waals surface area contributed by atoms with Crippen molar-refractivity contribution in [2.75, 3.05) is 19.5 Å². The fourth-order valence-corrected chi connectivity index (χ4v) is 2.06. The highest BCUT2D eigenvalue weighted by atomic mass is 16.5. The van der Waals surface area contributed by atoms with Gasteiger partial charge in [-0.1, -0.05) is 12.1 Å². The Morgan fingerprint density at radius 1 is 1.08 bits per heavy atom. The van der Waals surface area contributed by atoms with E-state index < -0.39 is 6.10 Å². The second-order valence-electron chi connectivity index (χ2n) is 4.93. The van der Waals surface area contributed by atoms with Gasteiger partial charge in [0.2, 0.25) is 0 Å². The minimum Gasteiger partial charge on any atom is -0.495 e. The monoisotopic (exact) mass is 326 g/mol. The second kappa shape index (κ2) is 7.88. The molecular weight excluding hydrogens is 308 g/mol. The van der Waals surface area contributed by atoms with Gasteiger partial charge in [-0.05, 0) is 31.2 Å². The quantitative estimate of drug-likeness (QED) is 0.882. The van der Waals surface area contributed by atoms with Gasteiger partial charge in [0, 0.05) is 6.07 Å². The predicted molar refractivity (Wildman–Crippen MR) is 89.4 cm³/mol. The Morgan fingerprint density at radius 3 is 2.46 bits per heavy atom. The van der Waals surface area contributed by atoms with Crippen molar-refractivity contribution in [3.63, 3.8) is 0 Å². The lowest BCUT2D eigenvalue weighted by molar-refractivity contribution is -0.122. The minimum atomic E-state index is -0.767. The van der Waals surface area contributed by atoms with E-state index in [1.165, 1.54) is 14.2 Å². The molecule has 6 nitrogen and oxygen atoms in total. The van der Waals surface area contributed by atoms with Crippen LogP contribution in [0.5, 0.6) is 17.2 Å². The van der Waals surface area contributed by atoms with Gasteiger partial charge in [-0.3, -0.25) is 4.79 Å². The number of anilines is 1. The molecule has 0 aromatic heterocycles. The van der Waals surface area contributed by atoms with E-state index >= 15 is 0 Å². The summed E-state index contributed by atoms with van der Waals surface area (Å²) in [6.07, 6.45) is -0.767. The van der Waals surface area contributed by atoms with Crippen LogP contribution in [0.1, 0.15) is 12.5 Å². The van der Waals surface area contributed by atoms with E-state index in [0.717, 1.165) is 0 Å². The Morgan fingerprint density at radius 2 is 1.79 bits per heavy atom. The summed E-state index contributed by atoms with van der Waals surface area (Å²) in [4.78, 5) is 12.3. The smallest absolute Gasteiger partial charge is 0.265 e. The lowest BCUT2D eigenvalue weighted by Gasteiger charge is -2.17. The lowest BCUT2D eigenvalue weighted by atomic mass is 10.2. The molecule has 0 bridgehead atoms. The maximum absolute atomic E-state index is 12.3. The van der Waals surface area contributed by atoms with Crippen molar-refractivity contribution in [3.8, 4) is 23.3 Å². The Kier molecular flexibility index (Phi) is 5.63. The highest BCUT2D eigenvalue weighted by Crippen LogP contribution is 2.29. The lowest BCUT2D eigenvalue weighted by Crippen LogP contribution is -2.30. The van der Waals surface area contributed by atoms with E-state index in [1.54, 1.807) is 43.3 Å². The molecule has 2 aromatic carbocycles. The maximum Gasteiger partial charge on any atom is 0.265 e. The molecule has 0 unspecified atom stereocenters. The Labute approximate surface area is 140 Å². The number of amides is 1. The summed E-state index contributed by atoms with van der Waals surface area (Å²) in [5.41, 5.74) is 1.01. The van der Waals surface area contributed by atoms with Gasteiger partial charge in [0.15, 0.2) is 17.6 Å². The molecule has 0 saturated carbocycles. The molecule has 1 N–H and O–H groups in total. The van der Waals surface area contributed by atoms with Crippen LogP contribution in [-0.4, -0.2) is 26.2 Å². The van der Waals surface area contributed by atoms with Crippen molar-refractivity contribution in [1.29, 1.82) is 5.26 Å². The van der Waals surface area contributed by atoms with E-state index in [2.05, 4.69) is 5.32 Å². The second-order valence-corrected chi connectivity index (χ2v) is 4.93. The van der Waals surface area contributed by atoms with Crippen molar-refractivity contribution in [2.24, 2.45) is 0 Å². The highest BCUT2D eigenvalue weighted by Gasteiger charge is 2.18. The molecule has 124 valence electrons. The van der Waals surface area contributed by atoms with Crippen LogP contribution in [0.15, 0.2) is 42.5 Å². The molecule has 24 heavy (non-hydrogen) atoms. The Hall–Kier alpha value is -3.20. The third kappa shape index (κ3) is 3.96. The summed E-state index contributed by atoms with van der Waals surface area (Å²) < 4.78 is 16.1. The number of carbonyl (C=O) groups is 1. The number of carbonyl (C=O) groups excluding carboxylic acids is 1. The van der Waals surface area contributed by atoms with Crippen LogP contribution in [0.25, 0.3) is 0 Å². The molecule has 0 heterocycles. The summed E-state index contributed by atoms with van der Waals surface area (Å²) in [6, 6.07) is 13.9. The van der Waals surface area contributed by atoms with Gasteiger partial charge in [0.05, 0.1) is 31.5 Å². The van der Waals surface area contributed by atoms with Crippen LogP contribution >= 0.6 is 0 Å². The third-order valence-corrected chi connectivity index (χ3v) is 3.33. The van der Waals surface area contributed by atoms with Crippen LogP contribution < -0.4 is 19.5 Å². The molecule has 2 rings (SSSR count). The van der Waals surface area contributed by atoms with Gasteiger partial charge in [0.25, 0.3) is 5.91 Å². The van der Waals surface area contributed by atoms with Gasteiger partial charge in [-0.2, -0.15) is 5.26 Å². The standard InChI is InChI=1S/C18H18N2O4/c1-12(18(21)20-14-6-4-5-7-15(14)22-2)24-16-9-8-13(11-19)10-17(16)23-3/h4-10,12H,1-3H3,(H,20,21)/t12-/m1/s1. The SMILES string of the molecule is COc1ccccc1NC(=O)[C@@H](C)Oc1ccc(C#N)cc1OC. The molecule has 0 fully saturated rings. The van der Waals surface area contributed by atoms with E-state index in [4.69, 9.17) is 19.5 Å². The topological polar surface area (TPSA) is 80.6 Å². The van der Waals surface area contributed by atoms with Crippen LogP contribution in [0.4, 0.5) is 5.69 Å². The van der Waals surface area contributed by atoms with Gasteiger partial charge < -0.3 is 19.5 Å². The third-order valence-electron chi connectivity index (χ3n) is 3.33. The normalized spacial score (nSPS) is 11.1. The molecule has 0 saturated heterocycles. The molecule has 1 atom stereocenters. The van der Waals surface area contributed by atoms with Crippen LogP contribution in [0.2, 0.25) is 0 Å². The molecule has 0 radical (unpaired) electrons. The summed E-state index contributed by atoms with van der Waals surface area (Å²) in [5.74, 6) is 1.02. The minimum absolute atomic E-state index is 0.328. The van der Waals surface area contributed by atoms with Gasteiger partial charge in [-0.25, -0.2) is 0 Å². The number of nitrogens with zero attached hydrogens (tertiary/aromatic N) is 1. The van der Waals surface area contributed by atoms with Crippen molar-refractivity contribution >= 4 is 11.6 Å². The van der Waals surface area contributed by atoms with E-state index in [1.807, 2.05) is 12.1 Å². The first-order chi connectivity index (χ1) is 11.6. The van der Waals surface area contributed by atoms with E-state index in [0.29, 0.717) is 28.5 Å². The van der Waals surface area contributed by atoms with Gasteiger partial charge >= 0.3 is 0 Å². The number of para-hydroxylation sites is 2. The van der Waals surface area contributed by atoms with Crippen LogP contribution in [0.3, 0.4) is 0 Å². The predicted octanol–water partition coefficient (Wildman–Crippen LogP) is 2.98. The number of benzene rings is 2. The molecular formula is C18H18N2O4. The first kappa shape index (κ1) is 17.2. The molecule has 0 aliphatic carbocycles. The average Bonchev–Trinajstić information content (AvgIpc) is 2.62. The summed E-state index contributed by atoms with van der Waals surface area (Å²) in [5, 5.41) is 11.7. The van der Waals surface area contributed by atoms with Crippen molar-refractivity contribution in [2.45, 2.75) is 13.0 Å². The Bertz CT molecular complexity index is 768. The van der Waals surface area contributed by atoms with E-state index in [-0.39, 0.29) is 5.91 Å². The molecule has 1 amide bonds. The number of methoxy groups -OCH3 is 2. The van der Waals surface area contributed by atoms with Crippen LogP contribution in [0, 0.1) is 11.3 Å². The zero-order chi connectivity index (χ0) is 17.5. The molecule has 0 spiro atoms. The molecule has 0 aliphatic heterocycles. The van der Waals surface area contributed by atoms with E-state index in [9.17, 15) is 4.79 Å². The average molecular weight is 326 g/mol. The number of hydrogen-bond acceptors (Lipinski definition) is 5. The number of rotatable bonds is 6. The molecule has 2 aromatic rings. The maximum atomic E-state index is 12.3. The van der Waals surface area contributed by atoms with Crippen molar-refractivity contribution in [1.82, 2.24) is 0 Å². The number of ether oxygens (including phenoxy) is 3. The molecule has 6 heteroatoms. The molecule has 0 aliphatic rings.